The number of nitrogens with zero attached hydrogens (tertiary/aromatic N) is 1. The summed E-state index contributed by atoms with van der Waals surface area (Å²) in [4.78, 5) is 0. The Labute approximate surface area is 91.5 Å². The third-order valence-corrected chi connectivity index (χ3v) is 2.79. The van der Waals surface area contributed by atoms with E-state index in [1.807, 2.05) is 18.2 Å². The maximum absolute atomic E-state index is 6.40. The summed E-state index contributed by atoms with van der Waals surface area (Å²) in [7, 11) is 0. The zero-order chi connectivity index (χ0) is 10.7. The van der Waals surface area contributed by atoms with Gasteiger partial charge in [-0.15, -0.1) is 0 Å². The van der Waals surface area contributed by atoms with Crippen LogP contribution >= 0.6 is 11.5 Å². The van der Waals surface area contributed by atoms with Gasteiger partial charge in [0.05, 0.1) is 12.1 Å². The molecule has 0 N–H and O–H groups in total. The molecule has 0 aromatic rings. The van der Waals surface area contributed by atoms with Crippen LogP contribution < -0.4 is 0 Å². The quantitative estimate of drug-likeness (QED) is 0.497. The molecule has 0 amide bonds. The molecule has 0 aliphatic heterocycles. The van der Waals surface area contributed by atoms with Crippen molar-refractivity contribution >= 4 is 17.4 Å². The minimum Gasteiger partial charge on any atom is -0.478 e. The number of rotatable bonds is 3. The first-order valence-electron chi connectivity index (χ1n) is 5.08. The predicted octanol–water partition coefficient (Wildman–Crippen LogP) is 3.00. The van der Waals surface area contributed by atoms with Gasteiger partial charge in [0.15, 0.2) is 0 Å². The first kappa shape index (κ1) is 11.5. The van der Waals surface area contributed by atoms with E-state index >= 15 is 0 Å². The Bertz CT molecular complexity index is 334. The van der Waals surface area contributed by atoms with E-state index < -0.39 is 0 Å². The SMILES string of the molecule is CC(C)[N+](=[B-](Cl)C1=C=CC=C1)C(C)C. The average molecular weight is 210 g/mol. The van der Waals surface area contributed by atoms with Crippen LogP contribution in [0.1, 0.15) is 27.7 Å². The van der Waals surface area contributed by atoms with Crippen LogP contribution in [0.4, 0.5) is 0 Å². The van der Waals surface area contributed by atoms with Gasteiger partial charge in [-0.1, -0.05) is 17.6 Å². The highest BCUT2D eigenvalue weighted by Crippen LogP contribution is 2.10. The number of hydrogen-bond donors (Lipinski definition) is 0. The summed E-state index contributed by atoms with van der Waals surface area (Å²) < 4.78 is 2.27. The highest BCUT2D eigenvalue weighted by Gasteiger charge is 2.12. The number of hydrogen-bond acceptors (Lipinski definition) is 0. The van der Waals surface area contributed by atoms with E-state index in [1.165, 1.54) is 0 Å². The first-order valence-corrected chi connectivity index (χ1v) is 5.52. The molecule has 1 rings (SSSR count). The van der Waals surface area contributed by atoms with Gasteiger partial charge in [-0.25, -0.2) is 0 Å². The van der Waals surface area contributed by atoms with E-state index in [4.69, 9.17) is 11.5 Å². The van der Waals surface area contributed by atoms with Crippen molar-refractivity contribution in [2.24, 2.45) is 0 Å². The van der Waals surface area contributed by atoms with E-state index in [0.717, 1.165) is 5.47 Å². The summed E-state index contributed by atoms with van der Waals surface area (Å²) in [6.45, 7) is 8.66. The van der Waals surface area contributed by atoms with Gasteiger partial charge >= 0.3 is 5.92 Å². The summed E-state index contributed by atoms with van der Waals surface area (Å²) in [5.74, 6) is -0.0648. The lowest BCUT2D eigenvalue weighted by Crippen LogP contribution is -2.33. The first-order chi connectivity index (χ1) is 6.54. The van der Waals surface area contributed by atoms with Crippen LogP contribution in [0, 0.1) is 0 Å². The molecule has 0 saturated carbocycles. The summed E-state index contributed by atoms with van der Waals surface area (Å²) in [6, 6.07) is 0.890. The fourth-order valence-electron chi connectivity index (χ4n) is 1.77. The van der Waals surface area contributed by atoms with Gasteiger partial charge < -0.3 is 15.9 Å². The van der Waals surface area contributed by atoms with Gasteiger partial charge in [0.25, 0.3) is 0 Å². The molecule has 0 aromatic carbocycles. The normalized spacial score (nSPS) is 14.1. The second-order valence-corrected chi connectivity index (χ2v) is 4.51. The molecule has 0 fully saturated rings. The summed E-state index contributed by atoms with van der Waals surface area (Å²) in [5, 5.41) is 0. The highest BCUT2D eigenvalue weighted by atomic mass is 35.5. The maximum Gasteiger partial charge on any atom is 0.301 e. The van der Waals surface area contributed by atoms with Crippen LogP contribution in [-0.4, -0.2) is 22.5 Å². The minimum absolute atomic E-state index is 0.0648. The van der Waals surface area contributed by atoms with Gasteiger partial charge in [-0.2, -0.15) is 5.73 Å². The van der Waals surface area contributed by atoms with Crippen molar-refractivity contribution in [3.8, 4) is 0 Å². The van der Waals surface area contributed by atoms with Gasteiger partial charge in [0.1, 0.15) is 0 Å². The molecule has 0 aromatic heterocycles. The molecule has 76 valence electrons. The molecule has 1 aliphatic carbocycles. The zero-order valence-electron chi connectivity index (χ0n) is 9.29. The topological polar surface area (TPSA) is 3.01 Å². The minimum atomic E-state index is -0.0648. The molecule has 3 heteroatoms. The second kappa shape index (κ2) is 4.77. The molecule has 0 bridgehead atoms. The van der Waals surface area contributed by atoms with Gasteiger partial charge in [0, 0.05) is 0 Å². The van der Waals surface area contributed by atoms with Crippen LogP contribution in [0.5, 0.6) is 0 Å². The van der Waals surface area contributed by atoms with Crippen LogP contribution in [0.2, 0.25) is 0 Å². The smallest absolute Gasteiger partial charge is 0.301 e. The Morgan fingerprint density at radius 2 is 1.86 bits per heavy atom. The van der Waals surface area contributed by atoms with Crippen molar-refractivity contribution in [2.45, 2.75) is 39.8 Å². The zero-order valence-corrected chi connectivity index (χ0v) is 10.0. The van der Waals surface area contributed by atoms with Crippen molar-refractivity contribution in [1.82, 2.24) is 0 Å². The van der Waals surface area contributed by atoms with E-state index in [9.17, 15) is 0 Å². The summed E-state index contributed by atoms with van der Waals surface area (Å²) in [5.41, 5.74) is 4.22. The third kappa shape index (κ3) is 2.46. The Balaban J connectivity index is 3.11. The lowest BCUT2D eigenvalue weighted by Gasteiger charge is -2.24. The molecular formula is C11H17BClN. The Hall–Kier alpha value is -0.585. The lowest BCUT2D eigenvalue weighted by molar-refractivity contribution is -0.576. The Kier molecular flexibility index (Phi) is 3.91. The van der Waals surface area contributed by atoms with Crippen molar-refractivity contribution < 1.29 is 4.48 Å². The second-order valence-electron chi connectivity index (χ2n) is 4.10. The molecule has 0 spiro atoms. The molecule has 0 heterocycles. The third-order valence-electron chi connectivity index (χ3n) is 2.33. The van der Waals surface area contributed by atoms with Crippen molar-refractivity contribution in [2.75, 3.05) is 0 Å². The van der Waals surface area contributed by atoms with Gasteiger partial charge in [-0.05, 0) is 33.8 Å². The van der Waals surface area contributed by atoms with E-state index in [-0.39, 0.29) is 5.92 Å². The number of halogens is 1. The fourth-order valence-corrected chi connectivity index (χ4v) is 2.36. The van der Waals surface area contributed by atoms with E-state index in [0.29, 0.717) is 12.1 Å². The van der Waals surface area contributed by atoms with E-state index in [1.54, 1.807) is 0 Å². The average Bonchev–Trinajstić information content (AvgIpc) is 2.53. The molecule has 0 atom stereocenters. The van der Waals surface area contributed by atoms with Crippen LogP contribution in [0.3, 0.4) is 0 Å². The Morgan fingerprint density at radius 1 is 1.29 bits per heavy atom. The standard InChI is InChI=1S/C11H17BClN/c1-9(2)14(10(3)4)12(13)11-7-5-6-8-11/h5-7,9-10H,1-4H3. The molecule has 0 saturated heterocycles. The summed E-state index contributed by atoms with van der Waals surface area (Å²) in [6.07, 6.45) is 5.91. The molecule has 14 heavy (non-hydrogen) atoms. The van der Waals surface area contributed by atoms with Crippen LogP contribution in [0.15, 0.2) is 29.4 Å². The fraction of sp³-hybridized carbons (Fsp3) is 0.545. The van der Waals surface area contributed by atoms with Crippen LogP contribution in [0.25, 0.3) is 0 Å². The van der Waals surface area contributed by atoms with Crippen molar-refractivity contribution in [3.63, 3.8) is 0 Å². The van der Waals surface area contributed by atoms with Crippen molar-refractivity contribution in [3.05, 3.63) is 29.4 Å². The monoisotopic (exact) mass is 209 g/mol. The van der Waals surface area contributed by atoms with Crippen LogP contribution in [-0.2, 0) is 0 Å². The molecule has 0 unspecified atom stereocenters. The lowest BCUT2D eigenvalue weighted by atomic mass is 9.86. The Morgan fingerprint density at radius 3 is 2.21 bits per heavy atom. The summed E-state index contributed by atoms with van der Waals surface area (Å²) >= 11 is 6.40. The number of allylic oxidation sites excluding steroid dienone is 3. The molecular weight excluding hydrogens is 192 g/mol. The molecule has 0 radical (unpaired) electrons. The maximum atomic E-state index is 6.40. The predicted molar refractivity (Wildman–Crippen MR) is 62.9 cm³/mol. The molecule has 1 aliphatic rings. The van der Waals surface area contributed by atoms with Gasteiger partial charge in [-0.3, -0.25) is 0 Å². The highest BCUT2D eigenvalue weighted by molar-refractivity contribution is 7.02. The largest absolute Gasteiger partial charge is 0.478 e. The molecule has 1 nitrogen and oxygen atoms in total. The van der Waals surface area contributed by atoms with Gasteiger partial charge in [0.2, 0.25) is 0 Å². The van der Waals surface area contributed by atoms with E-state index in [2.05, 4.69) is 37.9 Å². The van der Waals surface area contributed by atoms with Crippen molar-refractivity contribution in [1.29, 1.82) is 0 Å².